The highest BCUT2D eigenvalue weighted by Gasteiger charge is 2.08. The number of nitrogens with one attached hydrogen (secondary N) is 1. The van der Waals surface area contributed by atoms with Crippen molar-refractivity contribution in [1.82, 2.24) is 0 Å². The average molecular weight is 334 g/mol. The molecule has 2 aromatic carbocycles. The molecule has 0 unspecified atom stereocenters. The lowest BCUT2D eigenvalue weighted by Crippen LogP contribution is -2.13. The minimum atomic E-state index is -0.124. The van der Waals surface area contributed by atoms with E-state index in [9.17, 15) is 4.79 Å². The van der Waals surface area contributed by atoms with Crippen molar-refractivity contribution in [2.45, 2.75) is 13.5 Å². The first-order valence-electron chi connectivity index (χ1n) is 6.43. The lowest BCUT2D eigenvalue weighted by molar-refractivity contribution is 0.102. The van der Waals surface area contributed by atoms with Crippen LogP contribution >= 0.6 is 15.9 Å². The summed E-state index contributed by atoms with van der Waals surface area (Å²) in [6, 6.07) is 14.9. The van der Waals surface area contributed by atoms with Crippen molar-refractivity contribution < 1.29 is 9.53 Å². The highest BCUT2D eigenvalue weighted by Crippen LogP contribution is 2.18. The normalized spacial score (nSPS) is 10.3. The molecule has 0 radical (unpaired) electrons. The van der Waals surface area contributed by atoms with Gasteiger partial charge in [0, 0.05) is 27.9 Å². The van der Waals surface area contributed by atoms with Crippen LogP contribution in [0, 0.1) is 0 Å². The summed E-state index contributed by atoms with van der Waals surface area (Å²) < 4.78 is 6.36. The van der Waals surface area contributed by atoms with Crippen molar-refractivity contribution in [2.75, 3.05) is 11.9 Å². The predicted molar refractivity (Wildman–Crippen MR) is 83.9 cm³/mol. The Labute approximate surface area is 127 Å². The number of rotatable bonds is 5. The molecule has 20 heavy (non-hydrogen) atoms. The summed E-state index contributed by atoms with van der Waals surface area (Å²) in [4.78, 5) is 12.2. The van der Waals surface area contributed by atoms with Gasteiger partial charge in [0.2, 0.25) is 0 Å². The van der Waals surface area contributed by atoms with Gasteiger partial charge in [0.05, 0.1) is 6.61 Å². The van der Waals surface area contributed by atoms with E-state index in [1.54, 1.807) is 12.1 Å². The number of carbonyl (C=O) groups excluding carboxylic acids is 1. The summed E-state index contributed by atoms with van der Waals surface area (Å²) >= 11 is 3.35. The number of amides is 1. The van der Waals surface area contributed by atoms with Gasteiger partial charge < -0.3 is 10.1 Å². The van der Waals surface area contributed by atoms with Crippen LogP contribution in [0.3, 0.4) is 0 Å². The fourth-order valence-corrected chi connectivity index (χ4v) is 2.04. The zero-order chi connectivity index (χ0) is 14.4. The molecule has 0 saturated carbocycles. The SMILES string of the molecule is CCOCc1ccccc1NC(=O)c1ccc(Br)cc1. The molecule has 0 aliphatic heterocycles. The lowest BCUT2D eigenvalue weighted by Gasteiger charge is -2.11. The van der Waals surface area contributed by atoms with E-state index < -0.39 is 0 Å². The summed E-state index contributed by atoms with van der Waals surface area (Å²) in [5.41, 5.74) is 2.38. The Morgan fingerprint density at radius 3 is 2.55 bits per heavy atom. The van der Waals surface area contributed by atoms with Crippen LogP contribution in [0.5, 0.6) is 0 Å². The topological polar surface area (TPSA) is 38.3 Å². The van der Waals surface area contributed by atoms with E-state index >= 15 is 0 Å². The maximum atomic E-state index is 12.2. The zero-order valence-electron chi connectivity index (χ0n) is 11.2. The standard InChI is InChI=1S/C16H16BrNO2/c1-2-20-11-13-5-3-4-6-15(13)18-16(19)12-7-9-14(17)10-8-12/h3-10H,2,11H2,1H3,(H,18,19). The van der Waals surface area contributed by atoms with Crippen LogP contribution in [0.4, 0.5) is 5.69 Å². The number of hydrogen-bond acceptors (Lipinski definition) is 2. The van der Waals surface area contributed by atoms with E-state index in [0.717, 1.165) is 15.7 Å². The Bertz CT molecular complexity index is 581. The molecule has 104 valence electrons. The Morgan fingerprint density at radius 1 is 1.15 bits per heavy atom. The maximum absolute atomic E-state index is 12.2. The minimum Gasteiger partial charge on any atom is -0.377 e. The summed E-state index contributed by atoms with van der Waals surface area (Å²) in [5, 5.41) is 2.92. The third kappa shape index (κ3) is 3.92. The highest BCUT2D eigenvalue weighted by molar-refractivity contribution is 9.10. The Balaban J connectivity index is 2.13. The molecule has 0 heterocycles. The van der Waals surface area contributed by atoms with Crippen molar-refractivity contribution in [2.24, 2.45) is 0 Å². The van der Waals surface area contributed by atoms with Crippen molar-refractivity contribution in [3.8, 4) is 0 Å². The summed E-state index contributed by atoms with van der Waals surface area (Å²) in [6.07, 6.45) is 0. The molecule has 3 nitrogen and oxygen atoms in total. The smallest absolute Gasteiger partial charge is 0.255 e. The Morgan fingerprint density at radius 2 is 1.85 bits per heavy atom. The van der Waals surface area contributed by atoms with Crippen LogP contribution in [0.15, 0.2) is 53.0 Å². The second-order valence-electron chi connectivity index (χ2n) is 4.26. The molecule has 1 amide bonds. The molecule has 0 aliphatic carbocycles. The van der Waals surface area contributed by atoms with E-state index in [2.05, 4.69) is 21.2 Å². The maximum Gasteiger partial charge on any atom is 0.255 e. The largest absolute Gasteiger partial charge is 0.377 e. The van der Waals surface area contributed by atoms with Gasteiger partial charge in [-0.2, -0.15) is 0 Å². The first-order valence-corrected chi connectivity index (χ1v) is 7.22. The number of benzene rings is 2. The van der Waals surface area contributed by atoms with Crippen LogP contribution < -0.4 is 5.32 Å². The number of carbonyl (C=O) groups is 1. The molecule has 0 fully saturated rings. The van der Waals surface area contributed by atoms with Crippen molar-refractivity contribution in [3.63, 3.8) is 0 Å². The van der Waals surface area contributed by atoms with Crippen LogP contribution in [0.1, 0.15) is 22.8 Å². The fourth-order valence-electron chi connectivity index (χ4n) is 1.78. The van der Waals surface area contributed by atoms with Gasteiger partial charge >= 0.3 is 0 Å². The molecule has 0 aliphatic rings. The van der Waals surface area contributed by atoms with Gasteiger partial charge in [-0.3, -0.25) is 4.79 Å². The summed E-state index contributed by atoms with van der Waals surface area (Å²) in [6.45, 7) is 3.09. The molecule has 0 aromatic heterocycles. The molecular weight excluding hydrogens is 318 g/mol. The molecule has 0 saturated heterocycles. The fraction of sp³-hybridized carbons (Fsp3) is 0.188. The average Bonchev–Trinajstić information content (AvgIpc) is 2.47. The van der Waals surface area contributed by atoms with Crippen LogP contribution in [-0.2, 0) is 11.3 Å². The van der Waals surface area contributed by atoms with Gasteiger partial charge in [0.1, 0.15) is 0 Å². The third-order valence-electron chi connectivity index (χ3n) is 2.83. The van der Waals surface area contributed by atoms with Gasteiger partial charge in [0.25, 0.3) is 5.91 Å². The van der Waals surface area contributed by atoms with Crippen molar-refractivity contribution in [3.05, 3.63) is 64.1 Å². The van der Waals surface area contributed by atoms with E-state index in [4.69, 9.17) is 4.74 Å². The van der Waals surface area contributed by atoms with Crippen molar-refractivity contribution >= 4 is 27.5 Å². The molecule has 2 aromatic rings. The van der Waals surface area contributed by atoms with E-state index in [-0.39, 0.29) is 5.91 Å². The first-order chi connectivity index (χ1) is 9.70. The van der Waals surface area contributed by atoms with Crippen LogP contribution in [0.25, 0.3) is 0 Å². The van der Waals surface area contributed by atoms with Gasteiger partial charge in [-0.15, -0.1) is 0 Å². The molecule has 0 spiro atoms. The van der Waals surface area contributed by atoms with Crippen molar-refractivity contribution in [1.29, 1.82) is 0 Å². The second kappa shape index (κ2) is 7.22. The van der Waals surface area contributed by atoms with Gasteiger partial charge in [0.15, 0.2) is 0 Å². The third-order valence-corrected chi connectivity index (χ3v) is 3.36. The quantitative estimate of drug-likeness (QED) is 0.888. The van der Waals surface area contributed by atoms with Crippen LogP contribution in [0.2, 0.25) is 0 Å². The second-order valence-corrected chi connectivity index (χ2v) is 5.17. The summed E-state index contributed by atoms with van der Waals surface area (Å²) in [7, 11) is 0. The number of para-hydroxylation sites is 1. The molecule has 0 atom stereocenters. The predicted octanol–water partition coefficient (Wildman–Crippen LogP) is 4.24. The Kier molecular flexibility index (Phi) is 5.32. The number of halogens is 1. The monoisotopic (exact) mass is 333 g/mol. The minimum absolute atomic E-state index is 0.124. The number of anilines is 1. The lowest BCUT2D eigenvalue weighted by atomic mass is 10.1. The molecule has 0 bridgehead atoms. The summed E-state index contributed by atoms with van der Waals surface area (Å²) in [5.74, 6) is -0.124. The van der Waals surface area contributed by atoms with Gasteiger partial charge in [-0.25, -0.2) is 0 Å². The Hall–Kier alpha value is -1.65. The molecule has 2 rings (SSSR count). The number of ether oxygens (including phenoxy) is 1. The van der Waals surface area contributed by atoms with Gasteiger partial charge in [-0.05, 0) is 37.3 Å². The zero-order valence-corrected chi connectivity index (χ0v) is 12.8. The highest BCUT2D eigenvalue weighted by atomic mass is 79.9. The first kappa shape index (κ1) is 14.8. The number of hydrogen-bond donors (Lipinski definition) is 1. The van der Waals surface area contributed by atoms with E-state index in [1.807, 2.05) is 43.3 Å². The van der Waals surface area contributed by atoms with Gasteiger partial charge in [-0.1, -0.05) is 34.1 Å². The molecule has 1 N–H and O–H groups in total. The van der Waals surface area contributed by atoms with Crippen LogP contribution in [-0.4, -0.2) is 12.5 Å². The van der Waals surface area contributed by atoms with E-state index in [0.29, 0.717) is 18.8 Å². The van der Waals surface area contributed by atoms with E-state index in [1.165, 1.54) is 0 Å². The molecule has 4 heteroatoms. The molecular formula is C16H16BrNO2.